The number of allylic oxidation sites excluding steroid dienone is 4. The van der Waals surface area contributed by atoms with Gasteiger partial charge in [0.05, 0.1) is 16.6 Å². The predicted octanol–water partition coefficient (Wildman–Crippen LogP) is 4.99. The molecule has 1 amide bonds. The van der Waals surface area contributed by atoms with E-state index in [1.54, 1.807) is 12.1 Å². The summed E-state index contributed by atoms with van der Waals surface area (Å²) >= 11 is 1.18. The van der Waals surface area contributed by atoms with Gasteiger partial charge in [0.25, 0.3) is 0 Å². The summed E-state index contributed by atoms with van der Waals surface area (Å²) in [6.45, 7) is 4.06. The third-order valence-corrected chi connectivity index (χ3v) is 6.51. The number of carbonyl (C=O) groups is 1. The number of halogens is 1. The van der Waals surface area contributed by atoms with Gasteiger partial charge in [-0.25, -0.2) is 9.37 Å². The molecule has 1 atom stereocenters. The molecule has 162 valence electrons. The minimum Gasteiger partial charge on any atom is -0.429 e. The number of fused-ring (bicyclic) bond motifs is 1. The second-order valence-electron chi connectivity index (χ2n) is 8.53. The molecule has 2 aliphatic rings. The van der Waals surface area contributed by atoms with Crippen molar-refractivity contribution in [1.82, 2.24) is 10.3 Å². The highest BCUT2D eigenvalue weighted by Crippen LogP contribution is 2.34. The molecule has 0 radical (unpaired) electrons. The Bertz CT molecular complexity index is 1130. The molecule has 1 saturated carbocycles. The van der Waals surface area contributed by atoms with E-state index in [0.29, 0.717) is 26.7 Å². The first-order valence-corrected chi connectivity index (χ1v) is 11.1. The molecule has 8 heteroatoms. The van der Waals surface area contributed by atoms with Crippen LogP contribution in [0.1, 0.15) is 50.1 Å². The van der Waals surface area contributed by atoms with Gasteiger partial charge in [-0.1, -0.05) is 25.2 Å². The van der Waals surface area contributed by atoms with E-state index in [2.05, 4.69) is 29.4 Å². The van der Waals surface area contributed by atoms with Gasteiger partial charge >= 0.3 is 0 Å². The van der Waals surface area contributed by atoms with Crippen LogP contribution in [0.4, 0.5) is 4.39 Å². The Balaban J connectivity index is 1.41. The van der Waals surface area contributed by atoms with Crippen molar-refractivity contribution in [2.45, 2.75) is 51.5 Å². The lowest BCUT2D eigenvalue weighted by atomic mass is 9.93. The van der Waals surface area contributed by atoms with E-state index in [4.69, 9.17) is 15.6 Å². The van der Waals surface area contributed by atoms with Crippen LogP contribution in [0.5, 0.6) is 0 Å². The fraction of sp³-hybridized carbons (Fsp3) is 0.391. The van der Waals surface area contributed by atoms with Crippen LogP contribution in [0.2, 0.25) is 0 Å². The van der Waals surface area contributed by atoms with Crippen molar-refractivity contribution in [1.29, 1.82) is 10.8 Å². The molecule has 1 fully saturated rings. The van der Waals surface area contributed by atoms with Gasteiger partial charge in [0.15, 0.2) is 11.8 Å². The summed E-state index contributed by atoms with van der Waals surface area (Å²) in [5, 5.41) is 19.2. The molecule has 0 spiro atoms. The number of nitrogens with one attached hydrogen (secondary N) is 3. The highest BCUT2D eigenvalue weighted by atomic mass is 32.1. The number of carbonyl (C=O) groups excluding carboxylic acids is 1. The molecule has 0 bridgehead atoms. The lowest BCUT2D eigenvalue weighted by Crippen LogP contribution is -2.35. The molecule has 1 unspecified atom stereocenters. The second-order valence-corrected chi connectivity index (χ2v) is 9.61. The SMILES string of the molecule is CC1C=C(c2ccc3nc(CC(=N)OC(=N)CC(=O)NC4(C)CC4)sc3c2F)C=CC1. The summed E-state index contributed by atoms with van der Waals surface area (Å²) in [5.74, 6) is -0.702. The topological polar surface area (TPSA) is 98.9 Å². The third-order valence-electron chi connectivity index (χ3n) is 5.44. The standard InChI is InChI=1S/C23H25FN4O2S/c1-13-4-3-5-14(10-13)15-6-7-16-22(21(15)24)31-20(27-16)12-18(26)30-17(25)11-19(29)28-23(2)8-9-23/h3,5-7,10,13,25-26H,4,8-9,11-12H2,1-2H3,(H,28,29). The number of amides is 1. The number of ether oxygens (including phenoxy) is 1. The van der Waals surface area contributed by atoms with E-state index in [1.807, 2.05) is 13.0 Å². The Morgan fingerprint density at radius 1 is 1.35 bits per heavy atom. The van der Waals surface area contributed by atoms with E-state index >= 15 is 4.39 Å². The molecular formula is C23H25FN4O2S. The van der Waals surface area contributed by atoms with E-state index in [0.717, 1.165) is 24.8 Å². The molecule has 0 saturated heterocycles. The van der Waals surface area contributed by atoms with E-state index in [-0.39, 0.29) is 41.9 Å². The second kappa shape index (κ2) is 8.34. The Hall–Kier alpha value is -2.87. The normalized spacial score (nSPS) is 19.1. The van der Waals surface area contributed by atoms with Crippen LogP contribution in [-0.2, 0) is 16.0 Å². The number of hydrogen-bond acceptors (Lipinski definition) is 6. The van der Waals surface area contributed by atoms with Gasteiger partial charge in [-0.05, 0) is 49.8 Å². The van der Waals surface area contributed by atoms with Crippen molar-refractivity contribution < 1.29 is 13.9 Å². The summed E-state index contributed by atoms with van der Waals surface area (Å²) in [5.41, 5.74) is 1.80. The van der Waals surface area contributed by atoms with Crippen molar-refractivity contribution in [2.24, 2.45) is 5.92 Å². The zero-order chi connectivity index (χ0) is 22.2. The monoisotopic (exact) mass is 440 g/mol. The van der Waals surface area contributed by atoms with Crippen LogP contribution >= 0.6 is 11.3 Å². The first-order valence-electron chi connectivity index (χ1n) is 10.3. The molecular weight excluding hydrogens is 415 g/mol. The number of benzene rings is 1. The van der Waals surface area contributed by atoms with Crippen molar-refractivity contribution in [3.63, 3.8) is 0 Å². The Morgan fingerprint density at radius 2 is 2.13 bits per heavy atom. The quantitative estimate of drug-likeness (QED) is 0.436. The lowest BCUT2D eigenvalue weighted by molar-refractivity contribution is -0.120. The van der Waals surface area contributed by atoms with Gasteiger partial charge in [-0.15, -0.1) is 11.3 Å². The number of thiazole rings is 1. The predicted molar refractivity (Wildman–Crippen MR) is 121 cm³/mol. The molecule has 1 aromatic carbocycles. The van der Waals surface area contributed by atoms with Crippen LogP contribution in [0.3, 0.4) is 0 Å². The molecule has 4 rings (SSSR count). The summed E-state index contributed by atoms with van der Waals surface area (Å²) in [7, 11) is 0. The number of hydrogen-bond donors (Lipinski definition) is 3. The molecule has 2 aliphatic carbocycles. The van der Waals surface area contributed by atoms with E-state index < -0.39 is 0 Å². The minimum atomic E-state index is -0.309. The van der Waals surface area contributed by atoms with Crippen LogP contribution in [0.25, 0.3) is 15.8 Å². The Labute approximate surface area is 184 Å². The average molecular weight is 441 g/mol. The van der Waals surface area contributed by atoms with Crippen LogP contribution < -0.4 is 5.32 Å². The molecule has 0 aliphatic heterocycles. The van der Waals surface area contributed by atoms with Gasteiger partial charge in [-0.2, -0.15) is 0 Å². The Kier molecular flexibility index (Phi) is 5.75. The maximum Gasteiger partial charge on any atom is 0.229 e. The number of nitrogens with zero attached hydrogens (tertiary/aromatic N) is 1. The summed E-state index contributed by atoms with van der Waals surface area (Å²) in [4.78, 5) is 16.3. The summed E-state index contributed by atoms with van der Waals surface area (Å²) < 4.78 is 20.8. The summed E-state index contributed by atoms with van der Waals surface area (Å²) in [6, 6.07) is 3.53. The average Bonchev–Trinajstić information content (AvgIpc) is 3.25. The first kappa shape index (κ1) is 21.4. The van der Waals surface area contributed by atoms with Gasteiger partial charge in [0.2, 0.25) is 5.91 Å². The smallest absolute Gasteiger partial charge is 0.229 e. The maximum absolute atomic E-state index is 15.2. The fourth-order valence-corrected chi connectivity index (χ4v) is 4.52. The fourth-order valence-electron chi connectivity index (χ4n) is 3.52. The Morgan fingerprint density at radius 3 is 2.84 bits per heavy atom. The zero-order valence-electron chi connectivity index (χ0n) is 17.5. The third kappa shape index (κ3) is 5.07. The zero-order valence-corrected chi connectivity index (χ0v) is 18.4. The van der Waals surface area contributed by atoms with Crippen LogP contribution in [0, 0.1) is 22.6 Å². The highest BCUT2D eigenvalue weighted by Gasteiger charge is 2.38. The van der Waals surface area contributed by atoms with Crippen molar-refractivity contribution in [2.75, 3.05) is 0 Å². The minimum absolute atomic E-state index is 0.0372. The van der Waals surface area contributed by atoms with Crippen LogP contribution in [0.15, 0.2) is 30.4 Å². The van der Waals surface area contributed by atoms with Gasteiger partial charge < -0.3 is 10.1 Å². The summed E-state index contributed by atoms with van der Waals surface area (Å²) in [6.07, 6.45) is 8.72. The largest absolute Gasteiger partial charge is 0.429 e. The van der Waals surface area contributed by atoms with Gasteiger partial charge in [0.1, 0.15) is 17.2 Å². The van der Waals surface area contributed by atoms with Crippen LogP contribution in [-0.4, -0.2) is 28.2 Å². The molecule has 1 aromatic heterocycles. The molecule has 31 heavy (non-hydrogen) atoms. The lowest BCUT2D eigenvalue weighted by Gasteiger charge is -2.13. The van der Waals surface area contributed by atoms with Crippen molar-refractivity contribution >= 4 is 44.8 Å². The van der Waals surface area contributed by atoms with Gasteiger partial charge in [-0.3, -0.25) is 15.6 Å². The molecule has 1 heterocycles. The molecule has 6 nitrogen and oxygen atoms in total. The number of rotatable bonds is 6. The van der Waals surface area contributed by atoms with Crippen molar-refractivity contribution in [3.05, 3.63) is 46.7 Å². The number of aromatic nitrogens is 1. The molecule has 3 N–H and O–H groups in total. The molecule has 2 aromatic rings. The van der Waals surface area contributed by atoms with E-state index in [1.165, 1.54) is 11.3 Å². The highest BCUT2D eigenvalue weighted by molar-refractivity contribution is 7.18. The first-order chi connectivity index (χ1) is 14.7. The van der Waals surface area contributed by atoms with Crippen molar-refractivity contribution in [3.8, 4) is 0 Å². The maximum atomic E-state index is 15.2. The van der Waals surface area contributed by atoms with E-state index in [9.17, 15) is 4.79 Å². The van der Waals surface area contributed by atoms with Gasteiger partial charge in [0, 0.05) is 11.1 Å².